The maximum atomic E-state index is 12.2. The van der Waals surface area contributed by atoms with E-state index in [1.54, 1.807) is 32.2 Å². The molecule has 23 heavy (non-hydrogen) atoms. The fourth-order valence-corrected chi connectivity index (χ4v) is 2.11. The molecule has 0 aliphatic rings. The van der Waals surface area contributed by atoms with E-state index in [2.05, 4.69) is 10.6 Å². The van der Waals surface area contributed by atoms with Gasteiger partial charge in [-0.2, -0.15) is 0 Å². The fourth-order valence-electron chi connectivity index (χ4n) is 1.94. The van der Waals surface area contributed by atoms with Gasteiger partial charge in [0.2, 0.25) is 0 Å². The number of ether oxygens (including phenoxy) is 1. The lowest BCUT2D eigenvalue weighted by Gasteiger charge is -2.10. The number of carbonyl (C=O) groups excluding carboxylic acids is 2. The lowest BCUT2D eigenvalue weighted by atomic mass is 10.1. The number of carbonyl (C=O) groups is 2. The summed E-state index contributed by atoms with van der Waals surface area (Å²) >= 11 is 6.08. The first kappa shape index (κ1) is 17.1. The summed E-state index contributed by atoms with van der Waals surface area (Å²) in [6, 6.07) is 6.24. The van der Waals surface area contributed by atoms with Crippen LogP contribution in [0, 0.1) is 6.92 Å². The van der Waals surface area contributed by atoms with Crippen LogP contribution in [0.25, 0.3) is 0 Å². The normalized spacial score (nSPS) is 10.4. The molecule has 7 heteroatoms. The second kappa shape index (κ2) is 7.80. The number of hydrogen-bond donors (Lipinski definition) is 2. The average molecular weight is 337 g/mol. The van der Waals surface area contributed by atoms with E-state index in [-0.39, 0.29) is 11.8 Å². The summed E-state index contributed by atoms with van der Waals surface area (Å²) in [5.74, 6) is -0.115. The summed E-state index contributed by atoms with van der Waals surface area (Å²) in [4.78, 5) is 24.2. The van der Waals surface area contributed by atoms with Crippen molar-refractivity contribution < 1.29 is 18.7 Å². The average Bonchev–Trinajstić information content (AvgIpc) is 2.95. The Labute approximate surface area is 138 Å². The van der Waals surface area contributed by atoms with Gasteiger partial charge in [0.05, 0.1) is 29.1 Å². The van der Waals surface area contributed by atoms with Crippen molar-refractivity contribution in [2.24, 2.45) is 0 Å². The van der Waals surface area contributed by atoms with Crippen LogP contribution in [0.3, 0.4) is 0 Å². The van der Waals surface area contributed by atoms with Gasteiger partial charge in [-0.3, -0.25) is 9.59 Å². The second-order valence-electron chi connectivity index (χ2n) is 4.79. The minimum absolute atomic E-state index is 0.270. The lowest BCUT2D eigenvalue weighted by molar-refractivity contribution is 0.0936. The molecule has 6 nitrogen and oxygen atoms in total. The summed E-state index contributed by atoms with van der Waals surface area (Å²) < 4.78 is 9.98. The van der Waals surface area contributed by atoms with E-state index in [0.717, 1.165) is 0 Å². The highest BCUT2D eigenvalue weighted by Crippen LogP contribution is 2.24. The van der Waals surface area contributed by atoms with Crippen molar-refractivity contribution in [1.82, 2.24) is 5.32 Å². The highest BCUT2D eigenvalue weighted by atomic mass is 35.5. The Hall–Kier alpha value is -2.31. The number of benzene rings is 1. The fraction of sp³-hybridized carbons (Fsp3) is 0.250. The predicted molar refractivity (Wildman–Crippen MR) is 87.1 cm³/mol. The van der Waals surface area contributed by atoms with Crippen molar-refractivity contribution >= 4 is 29.1 Å². The molecule has 0 spiro atoms. The number of aryl methyl sites for hydroxylation is 1. The number of methoxy groups -OCH3 is 1. The first-order chi connectivity index (χ1) is 11.0. The molecule has 1 aromatic heterocycles. The zero-order valence-corrected chi connectivity index (χ0v) is 13.6. The second-order valence-corrected chi connectivity index (χ2v) is 5.20. The maximum absolute atomic E-state index is 12.2. The molecule has 0 fully saturated rings. The van der Waals surface area contributed by atoms with Crippen LogP contribution in [0.4, 0.5) is 5.69 Å². The van der Waals surface area contributed by atoms with Gasteiger partial charge >= 0.3 is 0 Å². The Kier molecular flexibility index (Phi) is 5.78. The highest BCUT2D eigenvalue weighted by Gasteiger charge is 2.15. The summed E-state index contributed by atoms with van der Waals surface area (Å²) in [5.41, 5.74) is 1.16. The Morgan fingerprint density at radius 1 is 1.26 bits per heavy atom. The molecule has 0 radical (unpaired) electrons. The van der Waals surface area contributed by atoms with Gasteiger partial charge in [0.25, 0.3) is 11.8 Å². The molecule has 0 atom stereocenters. The van der Waals surface area contributed by atoms with Crippen LogP contribution in [-0.4, -0.2) is 32.1 Å². The topological polar surface area (TPSA) is 80.6 Å². The first-order valence-electron chi connectivity index (χ1n) is 6.95. The molecular formula is C16H17ClN2O4. The molecule has 2 amide bonds. The largest absolute Gasteiger partial charge is 0.469 e. The highest BCUT2D eigenvalue weighted by molar-refractivity contribution is 6.34. The zero-order chi connectivity index (χ0) is 16.8. The first-order valence-corrected chi connectivity index (χ1v) is 7.33. The Balaban J connectivity index is 2.13. The van der Waals surface area contributed by atoms with Crippen LogP contribution in [0.2, 0.25) is 5.02 Å². The molecule has 0 saturated heterocycles. The molecule has 1 aromatic carbocycles. The maximum Gasteiger partial charge on any atom is 0.259 e. The lowest BCUT2D eigenvalue weighted by Crippen LogP contribution is -2.27. The molecule has 0 bridgehead atoms. The summed E-state index contributed by atoms with van der Waals surface area (Å²) in [7, 11) is 1.56. The summed E-state index contributed by atoms with van der Waals surface area (Å²) in [5, 5.41) is 5.72. The van der Waals surface area contributed by atoms with Gasteiger partial charge in [0.1, 0.15) is 5.76 Å². The van der Waals surface area contributed by atoms with Crippen molar-refractivity contribution in [2.75, 3.05) is 25.6 Å². The van der Waals surface area contributed by atoms with E-state index in [0.29, 0.717) is 40.7 Å². The van der Waals surface area contributed by atoms with Gasteiger partial charge in [0.15, 0.2) is 0 Å². The molecule has 2 rings (SSSR count). The molecule has 2 aromatic rings. The van der Waals surface area contributed by atoms with Crippen molar-refractivity contribution in [3.8, 4) is 0 Å². The van der Waals surface area contributed by atoms with Gasteiger partial charge in [-0.1, -0.05) is 11.6 Å². The third-order valence-electron chi connectivity index (χ3n) is 3.17. The quantitative estimate of drug-likeness (QED) is 0.795. The minimum atomic E-state index is -0.352. The number of nitrogens with one attached hydrogen (secondary N) is 2. The molecule has 2 N–H and O–H groups in total. The molecule has 0 unspecified atom stereocenters. The number of halogens is 1. The predicted octanol–water partition coefficient (Wildman–Crippen LogP) is 2.87. The van der Waals surface area contributed by atoms with Gasteiger partial charge < -0.3 is 19.8 Å². The van der Waals surface area contributed by atoms with Crippen LogP contribution in [-0.2, 0) is 4.74 Å². The van der Waals surface area contributed by atoms with Crippen molar-refractivity contribution in [3.05, 3.63) is 52.4 Å². The van der Waals surface area contributed by atoms with Crippen LogP contribution >= 0.6 is 11.6 Å². The number of furan rings is 1. The third-order valence-corrected chi connectivity index (χ3v) is 3.50. The van der Waals surface area contributed by atoms with Crippen LogP contribution in [0.5, 0.6) is 0 Å². The summed E-state index contributed by atoms with van der Waals surface area (Å²) in [6.45, 7) is 2.51. The molecule has 122 valence electrons. The Morgan fingerprint density at radius 3 is 2.70 bits per heavy atom. The summed E-state index contributed by atoms with van der Waals surface area (Å²) in [6.07, 6.45) is 1.44. The van der Waals surface area contributed by atoms with Gasteiger partial charge in [-0.15, -0.1) is 0 Å². The van der Waals surface area contributed by atoms with Gasteiger partial charge in [-0.05, 0) is 31.2 Å². The van der Waals surface area contributed by atoms with E-state index >= 15 is 0 Å². The third kappa shape index (κ3) is 4.34. The number of rotatable bonds is 6. The molecule has 1 heterocycles. The Bertz CT molecular complexity index is 712. The number of anilines is 1. The van der Waals surface area contributed by atoms with E-state index < -0.39 is 0 Å². The van der Waals surface area contributed by atoms with Crippen LogP contribution < -0.4 is 10.6 Å². The minimum Gasteiger partial charge on any atom is -0.469 e. The smallest absolute Gasteiger partial charge is 0.259 e. The van der Waals surface area contributed by atoms with E-state index in [4.69, 9.17) is 20.8 Å². The monoisotopic (exact) mass is 336 g/mol. The standard InChI is InChI=1S/C16H17ClN2O4/c1-10-12(5-7-23-10)16(21)19-14-9-11(3-4-13(14)17)15(20)18-6-8-22-2/h3-5,7,9H,6,8H2,1-2H3,(H,18,20)(H,19,21). The van der Waals surface area contributed by atoms with E-state index in [1.807, 2.05) is 0 Å². The van der Waals surface area contributed by atoms with Crippen LogP contribution in [0.1, 0.15) is 26.5 Å². The molecule has 0 aliphatic carbocycles. The van der Waals surface area contributed by atoms with Crippen molar-refractivity contribution in [2.45, 2.75) is 6.92 Å². The van der Waals surface area contributed by atoms with Crippen molar-refractivity contribution in [1.29, 1.82) is 0 Å². The molecular weight excluding hydrogens is 320 g/mol. The number of hydrogen-bond acceptors (Lipinski definition) is 4. The zero-order valence-electron chi connectivity index (χ0n) is 12.8. The van der Waals surface area contributed by atoms with Gasteiger partial charge in [0, 0.05) is 19.2 Å². The van der Waals surface area contributed by atoms with E-state index in [9.17, 15) is 9.59 Å². The molecule has 0 saturated carbocycles. The molecule has 0 aliphatic heterocycles. The number of amides is 2. The Morgan fingerprint density at radius 2 is 2.04 bits per heavy atom. The van der Waals surface area contributed by atoms with Crippen molar-refractivity contribution in [3.63, 3.8) is 0 Å². The van der Waals surface area contributed by atoms with Gasteiger partial charge in [-0.25, -0.2) is 0 Å². The van der Waals surface area contributed by atoms with Crippen LogP contribution in [0.15, 0.2) is 34.9 Å². The van der Waals surface area contributed by atoms with E-state index in [1.165, 1.54) is 12.3 Å². The SMILES string of the molecule is COCCNC(=O)c1ccc(Cl)c(NC(=O)c2ccoc2C)c1.